The number of nitrogens with one attached hydrogen (secondary N) is 1. The number of halogens is 1. The van der Waals surface area contributed by atoms with Crippen molar-refractivity contribution in [3.63, 3.8) is 0 Å². The van der Waals surface area contributed by atoms with Crippen molar-refractivity contribution in [2.45, 2.75) is 32.7 Å². The monoisotopic (exact) mass is 281 g/mol. The van der Waals surface area contributed by atoms with E-state index in [1.54, 1.807) is 18.2 Å². The van der Waals surface area contributed by atoms with Gasteiger partial charge >= 0.3 is 0 Å². The lowest BCUT2D eigenvalue weighted by atomic mass is 10.0. The van der Waals surface area contributed by atoms with Gasteiger partial charge in [0, 0.05) is 12.1 Å². The van der Waals surface area contributed by atoms with Crippen LogP contribution in [0, 0.1) is 5.82 Å². The highest BCUT2D eigenvalue weighted by Crippen LogP contribution is 2.15. The lowest BCUT2D eigenvalue weighted by molar-refractivity contribution is -0.118. The van der Waals surface area contributed by atoms with Crippen LogP contribution in [0.25, 0.3) is 0 Å². The fourth-order valence-corrected chi connectivity index (χ4v) is 1.92. The largest absolute Gasteiger partial charge is 0.329 e. The molecule has 0 radical (unpaired) electrons. The van der Waals surface area contributed by atoms with Crippen LogP contribution in [-0.4, -0.2) is 36.0 Å². The van der Waals surface area contributed by atoms with E-state index < -0.39 is 5.82 Å². The van der Waals surface area contributed by atoms with Crippen molar-refractivity contribution in [2.75, 3.05) is 25.0 Å². The molecular weight excluding hydrogens is 257 g/mol. The molecule has 0 aliphatic heterocycles. The van der Waals surface area contributed by atoms with E-state index in [4.69, 9.17) is 5.73 Å². The second-order valence-electron chi connectivity index (χ2n) is 5.47. The number of nitrogens with zero attached hydrogens (tertiary/aromatic N) is 1. The zero-order valence-corrected chi connectivity index (χ0v) is 12.4. The van der Waals surface area contributed by atoms with Crippen LogP contribution in [0.15, 0.2) is 24.3 Å². The van der Waals surface area contributed by atoms with Gasteiger partial charge in [-0.2, -0.15) is 0 Å². The van der Waals surface area contributed by atoms with E-state index in [1.165, 1.54) is 6.07 Å². The Labute approximate surface area is 120 Å². The van der Waals surface area contributed by atoms with Crippen molar-refractivity contribution >= 4 is 11.6 Å². The Morgan fingerprint density at radius 2 is 2.05 bits per heavy atom. The molecule has 5 heteroatoms. The van der Waals surface area contributed by atoms with Crippen LogP contribution in [0.2, 0.25) is 0 Å². The summed E-state index contributed by atoms with van der Waals surface area (Å²) in [5, 5.41) is 2.60. The first kappa shape index (κ1) is 16.6. The minimum Gasteiger partial charge on any atom is -0.329 e. The standard InChI is InChI=1S/C15H24FN3O/c1-4-9-19(15(2,3)11-17)10-14(20)18-13-8-6-5-7-12(13)16/h5-8H,4,9-11,17H2,1-3H3,(H,18,20). The summed E-state index contributed by atoms with van der Waals surface area (Å²) in [5.41, 5.74) is 5.70. The van der Waals surface area contributed by atoms with E-state index in [2.05, 4.69) is 5.32 Å². The highest BCUT2D eigenvalue weighted by atomic mass is 19.1. The molecule has 0 aromatic heterocycles. The van der Waals surface area contributed by atoms with E-state index in [0.717, 1.165) is 13.0 Å². The molecule has 0 fully saturated rings. The third-order valence-corrected chi connectivity index (χ3v) is 3.33. The van der Waals surface area contributed by atoms with Crippen molar-refractivity contribution < 1.29 is 9.18 Å². The number of carbonyl (C=O) groups excluding carboxylic acids is 1. The molecule has 3 N–H and O–H groups in total. The van der Waals surface area contributed by atoms with Gasteiger partial charge in [-0.25, -0.2) is 4.39 Å². The Morgan fingerprint density at radius 1 is 1.40 bits per heavy atom. The van der Waals surface area contributed by atoms with Crippen LogP contribution in [0.5, 0.6) is 0 Å². The van der Waals surface area contributed by atoms with Crippen LogP contribution in [0.1, 0.15) is 27.2 Å². The molecule has 0 atom stereocenters. The maximum atomic E-state index is 13.5. The van der Waals surface area contributed by atoms with Crippen molar-refractivity contribution in [1.29, 1.82) is 0 Å². The minimum atomic E-state index is -0.430. The van der Waals surface area contributed by atoms with Gasteiger partial charge in [0.2, 0.25) is 5.91 Å². The number of amides is 1. The van der Waals surface area contributed by atoms with Crippen molar-refractivity contribution in [3.8, 4) is 0 Å². The third-order valence-electron chi connectivity index (χ3n) is 3.33. The van der Waals surface area contributed by atoms with E-state index in [-0.39, 0.29) is 23.7 Å². The highest BCUT2D eigenvalue weighted by molar-refractivity contribution is 5.92. The third kappa shape index (κ3) is 4.58. The van der Waals surface area contributed by atoms with Crippen LogP contribution in [-0.2, 0) is 4.79 Å². The fourth-order valence-electron chi connectivity index (χ4n) is 1.92. The van der Waals surface area contributed by atoms with Gasteiger partial charge < -0.3 is 11.1 Å². The van der Waals surface area contributed by atoms with Crippen molar-refractivity contribution in [2.24, 2.45) is 5.73 Å². The molecule has 0 aliphatic rings. The van der Waals surface area contributed by atoms with Gasteiger partial charge in [-0.15, -0.1) is 0 Å². The molecule has 20 heavy (non-hydrogen) atoms. The van der Waals surface area contributed by atoms with Crippen LogP contribution < -0.4 is 11.1 Å². The number of para-hydroxylation sites is 1. The Morgan fingerprint density at radius 3 is 2.60 bits per heavy atom. The maximum absolute atomic E-state index is 13.5. The quantitative estimate of drug-likeness (QED) is 0.805. The molecule has 0 unspecified atom stereocenters. The lowest BCUT2D eigenvalue weighted by Crippen LogP contribution is -2.52. The van der Waals surface area contributed by atoms with Gasteiger partial charge in [0.1, 0.15) is 5.82 Å². The Hall–Kier alpha value is -1.46. The summed E-state index contributed by atoms with van der Waals surface area (Å²) < 4.78 is 13.5. The first-order valence-electron chi connectivity index (χ1n) is 6.90. The number of anilines is 1. The average Bonchev–Trinajstić information content (AvgIpc) is 2.41. The van der Waals surface area contributed by atoms with Crippen LogP contribution >= 0.6 is 0 Å². The van der Waals surface area contributed by atoms with Gasteiger partial charge in [-0.3, -0.25) is 9.69 Å². The molecule has 1 rings (SSSR count). The summed E-state index contributed by atoms with van der Waals surface area (Å²) >= 11 is 0. The zero-order chi connectivity index (χ0) is 15.2. The Kier molecular flexibility index (Phi) is 6.10. The van der Waals surface area contributed by atoms with Crippen LogP contribution in [0.3, 0.4) is 0 Å². The van der Waals surface area contributed by atoms with Crippen molar-refractivity contribution in [1.82, 2.24) is 4.90 Å². The molecule has 1 aromatic carbocycles. The zero-order valence-electron chi connectivity index (χ0n) is 12.4. The predicted molar refractivity (Wildman–Crippen MR) is 80.0 cm³/mol. The van der Waals surface area contributed by atoms with Gasteiger partial charge in [0.15, 0.2) is 0 Å². The number of rotatable bonds is 7. The predicted octanol–water partition coefficient (Wildman–Crippen LogP) is 2.21. The smallest absolute Gasteiger partial charge is 0.238 e. The molecule has 0 aliphatic carbocycles. The highest BCUT2D eigenvalue weighted by Gasteiger charge is 2.26. The lowest BCUT2D eigenvalue weighted by Gasteiger charge is -2.37. The SMILES string of the molecule is CCCN(CC(=O)Nc1ccccc1F)C(C)(C)CN. The minimum absolute atomic E-state index is 0.201. The summed E-state index contributed by atoms with van der Waals surface area (Å²) in [6, 6.07) is 6.15. The Balaban J connectivity index is 2.70. The first-order chi connectivity index (χ1) is 9.40. The summed E-state index contributed by atoms with van der Waals surface area (Å²) in [7, 11) is 0. The molecule has 112 valence electrons. The van der Waals surface area contributed by atoms with Gasteiger partial charge in [-0.1, -0.05) is 19.1 Å². The van der Waals surface area contributed by atoms with Crippen molar-refractivity contribution in [3.05, 3.63) is 30.1 Å². The normalized spacial score (nSPS) is 11.7. The summed E-state index contributed by atoms with van der Waals surface area (Å²) in [5.74, 6) is -0.661. The summed E-state index contributed by atoms with van der Waals surface area (Å²) in [6.07, 6.45) is 0.927. The molecule has 0 spiro atoms. The molecule has 1 aromatic rings. The second-order valence-corrected chi connectivity index (χ2v) is 5.47. The molecule has 0 saturated carbocycles. The number of hydrogen-bond acceptors (Lipinski definition) is 3. The van der Waals surface area contributed by atoms with E-state index in [1.807, 2.05) is 25.7 Å². The number of carbonyl (C=O) groups is 1. The first-order valence-corrected chi connectivity index (χ1v) is 6.90. The van der Waals surface area contributed by atoms with Gasteiger partial charge in [0.05, 0.1) is 12.2 Å². The fraction of sp³-hybridized carbons (Fsp3) is 0.533. The Bertz CT molecular complexity index is 448. The van der Waals surface area contributed by atoms with Gasteiger partial charge in [0.25, 0.3) is 0 Å². The molecular formula is C15H24FN3O. The number of nitrogens with two attached hydrogens (primary N) is 1. The molecule has 1 amide bonds. The second kappa shape index (κ2) is 7.36. The molecule has 4 nitrogen and oxygen atoms in total. The van der Waals surface area contributed by atoms with E-state index in [9.17, 15) is 9.18 Å². The number of hydrogen-bond donors (Lipinski definition) is 2. The summed E-state index contributed by atoms with van der Waals surface area (Å²) in [6.45, 7) is 7.48. The van der Waals surface area contributed by atoms with E-state index in [0.29, 0.717) is 6.54 Å². The maximum Gasteiger partial charge on any atom is 0.238 e. The van der Waals surface area contributed by atoms with Gasteiger partial charge in [-0.05, 0) is 38.9 Å². The molecule has 0 bridgehead atoms. The molecule has 0 saturated heterocycles. The molecule has 0 heterocycles. The van der Waals surface area contributed by atoms with E-state index >= 15 is 0 Å². The summed E-state index contributed by atoms with van der Waals surface area (Å²) in [4.78, 5) is 14.1. The van der Waals surface area contributed by atoms with Crippen LogP contribution in [0.4, 0.5) is 10.1 Å². The number of benzene rings is 1. The average molecular weight is 281 g/mol. The topological polar surface area (TPSA) is 58.4 Å².